The summed E-state index contributed by atoms with van der Waals surface area (Å²) in [4.78, 5) is 11.1. The van der Waals surface area contributed by atoms with Crippen molar-refractivity contribution in [2.45, 2.75) is 12.5 Å². The molecule has 1 saturated heterocycles. The fourth-order valence-corrected chi connectivity index (χ4v) is 2.05. The summed E-state index contributed by atoms with van der Waals surface area (Å²) in [6.45, 7) is 1.37. The lowest BCUT2D eigenvalue weighted by molar-refractivity contribution is 0.0698. The lowest BCUT2D eigenvalue weighted by atomic mass is 10.1. The van der Waals surface area contributed by atoms with E-state index >= 15 is 0 Å². The number of hydrogen-bond donors (Lipinski definition) is 2. The Bertz CT molecular complexity index is 402. The molecule has 2 N–H and O–H groups in total. The van der Waals surface area contributed by atoms with Crippen LogP contribution in [0.1, 0.15) is 16.8 Å². The van der Waals surface area contributed by atoms with Gasteiger partial charge in [0.15, 0.2) is 0 Å². The maximum absolute atomic E-state index is 11.1. The summed E-state index contributed by atoms with van der Waals surface area (Å²) >= 11 is 3.26. The van der Waals surface area contributed by atoms with E-state index in [0.29, 0.717) is 12.3 Å². The molecule has 5 heteroatoms. The summed E-state index contributed by atoms with van der Waals surface area (Å²) in [6.07, 6.45) is 0.912. The minimum Gasteiger partial charge on any atom is -0.478 e. The molecule has 0 aliphatic carbocycles. The van der Waals surface area contributed by atoms with Crippen LogP contribution in [0.3, 0.4) is 0 Å². The molecule has 1 atom stereocenters. The number of ether oxygens (including phenoxy) is 1. The molecule has 86 valence electrons. The Kier molecular flexibility index (Phi) is 3.46. The minimum atomic E-state index is -0.928. The molecule has 0 aromatic heterocycles. The van der Waals surface area contributed by atoms with Crippen molar-refractivity contribution in [1.29, 1.82) is 0 Å². The number of benzene rings is 1. The highest BCUT2D eigenvalue weighted by molar-refractivity contribution is 9.10. The number of nitrogens with one attached hydrogen (secondary N) is 1. The third kappa shape index (κ3) is 2.54. The summed E-state index contributed by atoms with van der Waals surface area (Å²) in [5.41, 5.74) is 0.924. The minimum absolute atomic E-state index is 0.208. The van der Waals surface area contributed by atoms with Crippen LogP contribution in [0.4, 0.5) is 5.69 Å². The summed E-state index contributed by atoms with van der Waals surface area (Å²) in [6, 6.07) is 5.40. The van der Waals surface area contributed by atoms with Crippen LogP contribution in [0.2, 0.25) is 0 Å². The SMILES string of the molecule is O=C(O)c1cc(Br)ccc1NC1CCOC1. The molecule has 0 amide bonds. The third-order valence-corrected chi connectivity index (χ3v) is 2.99. The van der Waals surface area contributed by atoms with Gasteiger partial charge in [0.1, 0.15) is 0 Å². The molecular weight excluding hydrogens is 274 g/mol. The first-order valence-corrected chi connectivity index (χ1v) is 5.83. The van der Waals surface area contributed by atoms with Gasteiger partial charge in [-0.05, 0) is 24.6 Å². The van der Waals surface area contributed by atoms with E-state index in [1.54, 1.807) is 12.1 Å². The van der Waals surface area contributed by atoms with Crippen molar-refractivity contribution in [2.24, 2.45) is 0 Å². The Balaban J connectivity index is 2.21. The smallest absolute Gasteiger partial charge is 0.337 e. The van der Waals surface area contributed by atoms with Gasteiger partial charge in [-0.25, -0.2) is 4.79 Å². The molecule has 1 aromatic carbocycles. The fraction of sp³-hybridized carbons (Fsp3) is 0.364. The largest absolute Gasteiger partial charge is 0.478 e. The zero-order chi connectivity index (χ0) is 11.5. The van der Waals surface area contributed by atoms with Gasteiger partial charge in [0.2, 0.25) is 0 Å². The molecule has 1 aliphatic heterocycles. The number of rotatable bonds is 3. The van der Waals surface area contributed by atoms with Crippen LogP contribution in [0.25, 0.3) is 0 Å². The second-order valence-corrected chi connectivity index (χ2v) is 4.62. The van der Waals surface area contributed by atoms with Gasteiger partial charge in [-0.2, -0.15) is 0 Å². The normalized spacial score (nSPS) is 19.7. The van der Waals surface area contributed by atoms with Gasteiger partial charge in [-0.1, -0.05) is 15.9 Å². The van der Waals surface area contributed by atoms with Crippen LogP contribution in [0.5, 0.6) is 0 Å². The van der Waals surface area contributed by atoms with Crippen LogP contribution in [0, 0.1) is 0 Å². The summed E-state index contributed by atoms with van der Waals surface area (Å²) in [5, 5.41) is 12.3. The van der Waals surface area contributed by atoms with Gasteiger partial charge in [0.25, 0.3) is 0 Å². The Hall–Kier alpha value is -1.07. The Morgan fingerprint density at radius 3 is 3.00 bits per heavy atom. The van der Waals surface area contributed by atoms with E-state index in [1.807, 2.05) is 6.07 Å². The molecule has 0 bridgehead atoms. The van der Waals surface area contributed by atoms with Crippen LogP contribution >= 0.6 is 15.9 Å². The standard InChI is InChI=1S/C11H12BrNO3/c12-7-1-2-10(9(5-7)11(14)15)13-8-3-4-16-6-8/h1-2,5,8,13H,3-4,6H2,(H,14,15). The summed E-state index contributed by atoms with van der Waals surface area (Å²) < 4.78 is 6.00. The molecule has 4 nitrogen and oxygen atoms in total. The van der Waals surface area contributed by atoms with Crippen molar-refractivity contribution in [1.82, 2.24) is 0 Å². The first-order chi connectivity index (χ1) is 7.66. The molecule has 2 rings (SSSR count). The summed E-state index contributed by atoms with van der Waals surface area (Å²) in [5.74, 6) is -0.928. The zero-order valence-electron chi connectivity index (χ0n) is 8.57. The van der Waals surface area contributed by atoms with Crippen molar-refractivity contribution in [2.75, 3.05) is 18.5 Å². The van der Waals surface area contributed by atoms with E-state index in [2.05, 4.69) is 21.2 Å². The van der Waals surface area contributed by atoms with Crippen molar-refractivity contribution < 1.29 is 14.6 Å². The molecule has 1 fully saturated rings. The Morgan fingerprint density at radius 2 is 2.38 bits per heavy atom. The predicted molar refractivity (Wildman–Crippen MR) is 63.9 cm³/mol. The van der Waals surface area contributed by atoms with Gasteiger partial charge in [0.05, 0.1) is 18.2 Å². The molecule has 16 heavy (non-hydrogen) atoms. The number of hydrogen-bond acceptors (Lipinski definition) is 3. The lowest BCUT2D eigenvalue weighted by Gasteiger charge is -2.14. The number of anilines is 1. The maximum atomic E-state index is 11.1. The molecule has 1 aliphatic rings. The third-order valence-electron chi connectivity index (χ3n) is 2.50. The summed E-state index contributed by atoms with van der Waals surface area (Å²) in [7, 11) is 0. The van der Waals surface area contributed by atoms with E-state index in [0.717, 1.165) is 17.5 Å². The van der Waals surface area contributed by atoms with Gasteiger partial charge in [-0.3, -0.25) is 0 Å². The van der Waals surface area contributed by atoms with Crippen molar-refractivity contribution in [3.05, 3.63) is 28.2 Å². The second-order valence-electron chi connectivity index (χ2n) is 3.70. The van der Waals surface area contributed by atoms with Gasteiger partial charge in [-0.15, -0.1) is 0 Å². The number of carbonyl (C=O) groups is 1. The van der Waals surface area contributed by atoms with Gasteiger partial charge in [0, 0.05) is 16.8 Å². The van der Waals surface area contributed by atoms with Crippen LogP contribution in [0.15, 0.2) is 22.7 Å². The fourth-order valence-electron chi connectivity index (χ4n) is 1.69. The lowest BCUT2D eigenvalue weighted by Crippen LogP contribution is -2.20. The van der Waals surface area contributed by atoms with E-state index in [1.165, 1.54) is 0 Å². The molecule has 0 radical (unpaired) electrons. The van der Waals surface area contributed by atoms with E-state index in [4.69, 9.17) is 9.84 Å². The average molecular weight is 286 g/mol. The average Bonchev–Trinajstić information content (AvgIpc) is 2.73. The van der Waals surface area contributed by atoms with E-state index in [9.17, 15) is 4.79 Å². The molecule has 1 heterocycles. The predicted octanol–water partition coefficient (Wildman–Crippen LogP) is 2.35. The highest BCUT2D eigenvalue weighted by atomic mass is 79.9. The number of carboxylic acid groups (broad SMARTS) is 1. The quantitative estimate of drug-likeness (QED) is 0.895. The number of carboxylic acids is 1. The Labute approximate surface area is 102 Å². The highest BCUT2D eigenvalue weighted by Crippen LogP contribution is 2.23. The van der Waals surface area contributed by atoms with Crippen LogP contribution < -0.4 is 5.32 Å². The molecular formula is C11H12BrNO3. The van der Waals surface area contributed by atoms with Crippen LogP contribution in [-0.2, 0) is 4.74 Å². The number of aromatic carboxylic acids is 1. The molecule has 1 aromatic rings. The topological polar surface area (TPSA) is 58.6 Å². The maximum Gasteiger partial charge on any atom is 0.337 e. The Morgan fingerprint density at radius 1 is 1.56 bits per heavy atom. The first kappa shape index (κ1) is 11.4. The van der Waals surface area contributed by atoms with Gasteiger partial charge >= 0.3 is 5.97 Å². The van der Waals surface area contributed by atoms with E-state index in [-0.39, 0.29) is 11.6 Å². The second kappa shape index (κ2) is 4.84. The van der Waals surface area contributed by atoms with Crippen molar-refractivity contribution in [3.63, 3.8) is 0 Å². The molecule has 1 unspecified atom stereocenters. The van der Waals surface area contributed by atoms with Gasteiger partial charge < -0.3 is 15.2 Å². The number of halogens is 1. The van der Waals surface area contributed by atoms with E-state index < -0.39 is 5.97 Å². The van der Waals surface area contributed by atoms with Crippen LogP contribution in [-0.4, -0.2) is 30.3 Å². The van der Waals surface area contributed by atoms with Crippen molar-refractivity contribution in [3.8, 4) is 0 Å². The molecule has 0 saturated carbocycles. The first-order valence-electron chi connectivity index (χ1n) is 5.04. The zero-order valence-corrected chi connectivity index (χ0v) is 10.2. The molecule has 0 spiro atoms. The van der Waals surface area contributed by atoms with Crippen molar-refractivity contribution >= 4 is 27.6 Å². The monoisotopic (exact) mass is 285 g/mol. The highest BCUT2D eigenvalue weighted by Gasteiger charge is 2.18.